The highest BCUT2D eigenvalue weighted by atomic mass is 16.5. The van der Waals surface area contributed by atoms with Gasteiger partial charge in [0.05, 0.1) is 0 Å². The molecule has 6 nitrogen and oxygen atoms in total. The van der Waals surface area contributed by atoms with Crippen molar-refractivity contribution in [3.63, 3.8) is 0 Å². The highest BCUT2D eigenvalue weighted by Crippen LogP contribution is 2.32. The SMILES string of the molecule is O=C(CCCN1C(=O)c2cccc3cccc(c23)C1=O)Oc1ccc2oc3ccccc3c2c1. The van der Waals surface area contributed by atoms with Gasteiger partial charge in [0.15, 0.2) is 0 Å². The van der Waals surface area contributed by atoms with Crippen LogP contribution in [-0.4, -0.2) is 29.2 Å². The van der Waals surface area contributed by atoms with E-state index in [1.807, 2.05) is 48.5 Å². The Labute approximate surface area is 194 Å². The molecule has 4 aromatic carbocycles. The number of furan rings is 1. The maximum atomic E-state index is 13.0. The molecule has 0 aliphatic carbocycles. The maximum absolute atomic E-state index is 13.0. The molecule has 0 N–H and O–H groups in total. The Balaban J connectivity index is 1.14. The summed E-state index contributed by atoms with van der Waals surface area (Å²) in [5.41, 5.74) is 2.51. The van der Waals surface area contributed by atoms with Gasteiger partial charge in [0.25, 0.3) is 11.8 Å². The third-order valence-electron chi connectivity index (χ3n) is 6.20. The lowest BCUT2D eigenvalue weighted by Gasteiger charge is -2.27. The molecular weight excluding hydrogens is 430 g/mol. The molecule has 1 aromatic heterocycles. The number of hydrogen-bond donors (Lipinski definition) is 0. The number of nitrogens with zero attached hydrogens (tertiary/aromatic N) is 1. The van der Waals surface area contributed by atoms with Gasteiger partial charge in [-0.25, -0.2) is 0 Å². The van der Waals surface area contributed by atoms with Gasteiger partial charge in [-0.3, -0.25) is 19.3 Å². The summed E-state index contributed by atoms with van der Waals surface area (Å²) in [4.78, 5) is 39.6. The number of amides is 2. The highest BCUT2D eigenvalue weighted by molar-refractivity contribution is 6.25. The topological polar surface area (TPSA) is 76.8 Å². The molecule has 0 saturated heterocycles. The molecule has 2 heterocycles. The van der Waals surface area contributed by atoms with Crippen molar-refractivity contribution >= 4 is 50.5 Å². The quantitative estimate of drug-likeness (QED) is 0.195. The van der Waals surface area contributed by atoms with Gasteiger partial charge in [-0.15, -0.1) is 0 Å². The smallest absolute Gasteiger partial charge is 0.311 e. The normalized spacial score (nSPS) is 13.2. The second-order valence-corrected chi connectivity index (χ2v) is 8.31. The molecule has 166 valence electrons. The van der Waals surface area contributed by atoms with Gasteiger partial charge in [-0.1, -0.05) is 42.5 Å². The number of fused-ring (bicyclic) bond motifs is 3. The number of imide groups is 1. The third-order valence-corrected chi connectivity index (χ3v) is 6.20. The number of esters is 1. The maximum Gasteiger partial charge on any atom is 0.311 e. The summed E-state index contributed by atoms with van der Waals surface area (Å²) in [6, 6.07) is 23.8. The Morgan fingerprint density at radius 1 is 0.794 bits per heavy atom. The van der Waals surface area contributed by atoms with Gasteiger partial charge in [-0.2, -0.15) is 0 Å². The molecule has 5 aromatic rings. The number of para-hydroxylation sites is 1. The second-order valence-electron chi connectivity index (χ2n) is 8.31. The van der Waals surface area contributed by atoms with E-state index in [2.05, 4.69) is 0 Å². The number of benzene rings is 4. The molecule has 0 radical (unpaired) electrons. The second kappa shape index (κ2) is 7.85. The molecule has 0 spiro atoms. The fourth-order valence-electron chi connectivity index (χ4n) is 4.62. The van der Waals surface area contributed by atoms with E-state index in [4.69, 9.17) is 9.15 Å². The number of carbonyl (C=O) groups is 3. The molecule has 6 heteroatoms. The predicted octanol–water partition coefficient (Wildman–Crippen LogP) is 5.72. The van der Waals surface area contributed by atoms with Crippen LogP contribution in [0.3, 0.4) is 0 Å². The summed E-state index contributed by atoms with van der Waals surface area (Å²) in [6.45, 7) is 0.142. The van der Waals surface area contributed by atoms with Crippen LogP contribution in [-0.2, 0) is 4.79 Å². The van der Waals surface area contributed by atoms with E-state index in [-0.39, 0.29) is 24.8 Å². The third kappa shape index (κ3) is 3.23. The van der Waals surface area contributed by atoms with Gasteiger partial charge in [0.1, 0.15) is 16.9 Å². The molecule has 2 amide bonds. The number of hydrogen-bond acceptors (Lipinski definition) is 5. The number of carbonyl (C=O) groups excluding carboxylic acids is 3. The van der Waals surface area contributed by atoms with Gasteiger partial charge in [-0.05, 0) is 48.2 Å². The molecule has 0 atom stereocenters. The molecular formula is C28H19NO5. The summed E-state index contributed by atoms with van der Waals surface area (Å²) in [5.74, 6) is -0.666. The number of ether oxygens (including phenoxy) is 1. The van der Waals surface area contributed by atoms with E-state index in [0.29, 0.717) is 28.7 Å². The van der Waals surface area contributed by atoms with E-state index >= 15 is 0 Å². The van der Waals surface area contributed by atoms with Crippen LogP contribution < -0.4 is 4.74 Å². The first-order chi connectivity index (χ1) is 16.6. The first-order valence-electron chi connectivity index (χ1n) is 11.1. The summed E-state index contributed by atoms with van der Waals surface area (Å²) < 4.78 is 11.3. The largest absolute Gasteiger partial charge is 0.456 e. The average Bonchev–Trinajstić information content (AvgIpc) is 3.22. The van der Waals surface area contributed by atoms with Crippen LogP contribution in [0.1, 0.15) is 33.6 Å². The van der Waals surface area contributed by atoms with Crippen LogP contribution in [0.2, 0.25) is 0 Å². The van der Waals surface area contributed by atoms with Crippen molar-refractivity contribution in [3.8, 4) is 5.75 Å². The predicted molar refractivity (Wildman–Crippen MR) is 128 cm³/mol. The van der Waals surface area contributed by atoms with E-state index in [1.54, 1.807) is 30.3 Å². The lowest BCUT2D eigenvalue weighted by atomic mass is 9.94. The molecule has 0 fully saturated rings. The fourth-order valence-corrected chi connectivity index (χ4v) is 4.62. The Morgan fingerprint density at radius 2 is 1.50 bits per heavy atom. The van der Waals surface area contributed by atoms with Gasteiger partial charge < -0.3 is 9.15 Å². The summed E-state index contributed by atoms with van der Waals surface area (Å²) in [6.07, 6.45) is 0.387. The van der Waals surface area contributed by atoms with E-state index in [0.717, 1.165) is 27.3 Å². The molecule has 1 aliphatic rings. The molecule has 34 heavy (non-hydrogen) atoms. The Morgan fingerprint density at radius 3 is 2.26 bits per heavy atom. The van der Waals surface area contributed by atoms with Crippen LogP contribution in [0, 0.1) is 0 Å². The van der Waals surface area contributed by atoms with E-state index < -0.39 is 5.97 Å². The lowest BCUT2D eigenvalue weighted by Crippen LogP contribution is -2.41. The van der Waals surface area contributed by atoms with Crippen molar-refractivity contribution in [1.29, 1.82) is 0 Å². The fraction of sp³-hybridized carbons (Fsp3) is 0.107. The zero-order valence-corrected chi connectivity index (χ0v) is 18.1. The van der Waals surface area contributed by atoms with Crippen molar-refractivity contribution in [2.75, 3.05) is 6.54 Å². The van der Waals surface area contributed by atoms with Crippen molar-refractivity contribution in [3.05, 3.63) is 90.0 Å². The molecule has 0 unspecified atom stereocenters. The average molecular weight is 449 g/mol. The Hall–Kier alpha value is -4.45. The van der Waals surface area contributed by atoms with Crippen molar-refractivity contribution in [2.45, 2.75) is 12.8 Å². The summed E-state index contributed by atoms with van der Waals surface area (Å²) >= 11 is 0. The minimum Gasteiger partial charge on any atom is -0.456 e. The zero-order chi connectivity index (χ0) is 23.2. The number of rotatable bonds is 5. The minimum atomic E-state index is -0.424. The van der Waals surface area contributed by atoms with Crippen LogP contribution in [0.4, 0.5) is 0 Å². The molecule has 0 bridgehead atoms. The van der Waals surface area contributed by atoms with Gasteiger partial charge in [0.2, 0.25) is 0 Å². The van der Waals surface area contributed by atoms with Crippen molar-refractivity contribution in [1.82, 2.24) is 4.90 Å². The summed E-state index contributed by atoms with van der Waals surface area (Å²) in [5, 5.41) is 3.38. The van der Waals surface area contributed by atoms with Crippen molar-refractivity contribution in [2.24, 2.45) is 0 Å². The zero-order valence-electron chi connectivity index (χ0n) is 18.1. The molecule has 0 saturated carbocycles. The Bertz CT molecular complexity index is 1580. The van der Waals surface area contributed by atoms with Gasteiger partial charge in [0, 0.05) is 40.3 Å². The van der Waals surface area contributed by atoms with Crippen LogP contribution in [0.5, 0.6) is 5.75 Å². The molecule has 1 aliphatic heterocycles. The van der Waals surface area contributed by atoms with Crippen LogP contribution in [0.25, 0.3) is 32.7 Å². The van der Waals surface area contributed by atoms with Crippen LogP contribution in [0.15, 0.2) is 83.3 Å². The van der Waals surface area contributed by atoms with Gasteiger partial charge >= 0.3 is 5.97 Å². The highest BCUT2D eigenvalue weighted by Gasteiger charge is 2.32. The first-order valence-corrected chi connectivity index (χ1v) is 11.1. The molecule has 6 rings (SSSR count). The monoisotopic (exact) mass is 449 g/mol. The van der Waals surface area contributed by atoms with E-state index in [1.165, 1.54) is 4.90 Å². The minimum absolute atomic E-state index is 0.0765. The summed E-state index contributed by atoms with van der Waals surface area (Å²) in [7, 11) is 0. The standard InChI is InChI=1S/C28H19NO5/c30-25(33-18-13-14-24-22(16-18)19-8-1-2-11-23(19)34-24)12-5-15-29-27(31)20-9-3-6-17-7-4-10-21(26(17)20)28(29)32/h1-4,6-11,13-14,16H,5,12,15H2. The first kappa shape index (κ1) is 20.2. The van der Waals surface area contributed by atoms with Crippen LogP contribution >= 0.6 is 0 Å². The van der Waals surface area contributed by atoms with E-state index in [9.17, 15) is 14.4 Å². The Kier molecular flexibility index (Phi) is 4.66. The van der Waals surface area contributed by atoms with Crippen molar-refractivity contribution < 1.29 is 23.5 Å². The lowest BCUT2D eigenvalue weighted by molar-refractivity contribution is -0.134.